The van der Waals surface area contributed by atoms with Gasteiger partial charge in [0, 0.05) is 32.4 Å². The van der Waals surface area contributed by atoms with Crippen molar-refractivity contribution < 1.29 is 0 Å². The predicted octanol–water partition coefficient (Wildman–Crippen LogP) is 4.14. The van der Waals surface area contributed by atoms with E-state index in [9.17, 15) is 0 Å². The van der Waals surface area contributed by atoms with Gasteiger partial charge in [-0.1, -0.05) is 29.5 Å². The van der Waals surface area contributed by atoms with Crippen LogP contribution in [-0.4, -0.2) is 46.1 Å². The third-order valence-electron chi connectivity index (χ3n) is 5.34. The maximum atomic E-state index is 6.32. The largest absolute Gasteiger partial charge is 0.368 e. The van der Waals surface area contributed by atoms with Crippen molar-refractivity contribution in [1.29, 1.82) is 0 Å². The fourth-order valence-electron chi connectivity index (χ4n) is 3.58. The molecular weight excluding hydrogens is 448 g/mol. The van der Waals surface area contributed by atoms with Crippen LogP contribution < -0.4 is 21.1 Å². The van der Waals surface area contributed by atoms with Gasteiger partial charge in [0.2, 0.25) is 11.1 Å². The summed E-state index contributed by atoms with van der Waals surface area (Å²) in [6, 6.07) is 15.3. The molecule has 0 radical (unpaired) electrons. The Morgan fingerprint density at radius 2 is 1.82 bits per heavy atom. The van der Waals surface area contributed by atoms with Crippen molar-refractivity contribution in [1.82, 2.24) is 25.3 Å². The number of hydrogen-bond donors (Lipinski definition) is 2. The summed E-state index contributed by atoms with van der Waals surface area (Å²) in [5.74, 6) is 7.24. The van der Waals surface area contributed by atoms with E-state index >= 15 is 0 Å². The van der Waals surface area contributed by atoms with Crippen LogP contribution in [0.4, 0.5) is 28.3 Å². The molecule has 0 amide bonds. The SMILES string of the molecule is Cc1nc(N=Nc2ccccc2)sc1-c1ccnc(N(N)c2ccc(N3CCNCC3)cn2)n1. The summed E-state index contributed by atoms with van der Waals surface area (Å²) in [5, 5.41) is 13.8. The van der Waals surface area contributed by atoms with Gasteiger partial charge in [0.15, 0.2) is 0 Å². The first-order valence-electron chi connectivity index (χ1n) is 10.9. The van der Waals surface area contributed by atoms with E-state index in [1.807, 2.05) is 61.7 Å². The lowest BCUT2D eigenvalue weighted by Gasteiger charge is -2.29. The van der Waals surface area contributed by atoms with E-state index < -0.39 is 0 Å². The molecule has 1 fully saturated rings. The monoisotopic (exact) mass is 472 g/mol. The van der Waals surface area contributed by atoms with Crippen LogP contribution in [0.5, 0.6) is 0 Å². The van der Waals surface area contributed by atoms with Crippen LogP contribution in [-0.2, 0) is 0 Å². The van der Waals surface area contributed by atoms with Gasteiger partial charge in [-0.15, -0.1) is 10.2 Å². The molecule has 11 heteroatoms. The Bertz CT molecular complexity index is 1270. The lowest BCUT2D eigenvalue weighted by atomic mass is 10.3. The normalized spacial score (nSPS) is 14.0. The molecule has 5 rings (SSSR count). The predicted molar refractivity (Wildman–Crippen MR) is 134 cm³/mol. The van der Waals surface area contributed by atoms with Crippen LogP contribution in [0.3, 0.4) is 0 Å². The minimum atomic E-state index is 0.347. The van der Waals surface area contributed by atoms with Crippen molar-refractivity contribution in [2.24, 2.45) is 16.1 Å². The number of rotatable bonds is 6. The van der Waals surface area contributed by atoms with E-state index in [1.165, 1.54) is 16.3 Å². The number of aromatic nitrogens is 4. The molecule has 1 aromatic carbocycles. The lowest BCUT2D eigenvalue weighted by molar-refractivity contribution is 0.588. The van der Waals surface area contributed by atoms with Crippen LogP contribution in [0.15, 0.2) is 71.2 Å². The maximum Gasteiger partial charge on any atom is 0.246 e. The molecule has 0 atom stereocenters. The van der Waals surface area contributed by atoms with E-state index in [2.05, 4.69) is 40.4 Å². The first kappa shape index (κ1) is 22.0. The van der Waals surface area contributed by atoms with E-state index in [0.717, 1.165) is 48.1 Å². The van der Waals surface area contributed by atoms with Gasteiger partial charge in [0.25, 0.3) is 0 Å². The van der Waals surface area contributed by atoms with Gasteiger partial charge in [0.1, 0.15) is 5.82 Å². The molecule has 4 heterocycles. The number of nitrogens with two attached hydrogens (primary N) is 1. The van der Waals surface area contributed by atoms with Crippen molar-refractivity contribution in [3.63, 3.8) is 0 Å². The van der Waals surface area contributed by atoms with Crippen molar-refractivity contribution >= 4 is 39.6 Å². The Labute approximate surface area is 201 Å². The highest BCUT2D eigenvalue weighted by Gasteiger charge is 2.16. The second kappa shape index (κ2) is 10.00. The first-order chi connectivity index (χ1) is 16.7. The number of thiazole rings is 1. The molecule has 34 heavy (non-hydrogen) atoms. The minimum absolute atomic E-state index is 0.347. The fraction of sp³-hybridized carbons (Fsp3) is 0.217. The van der Waals surface area contributed by atoms with E-state index in [1.54, 1.807) is 6.20 Å². The maximum absolute atomic E-state index is 6.32. The third kappa shape index (κ3) is 4.91. The van der Waals surface area contributed by atoms with Gasteiger partial charge in [-0.25, -0.2) is 30.8 Å². The number of hydrazine groups is 1. The number of nitrogens with one attached hydrogen (secondary N) is 1. The Morgan fingerprint density at radius 3 is 2.59 bits per heavy atom. The van der Waals surface area contributed by atoms with Crippen LogP contribution >= 0.6 is 11.3 Å². The average Bonchev–Trinajstić information content (AvgIpc) is 3.29. The average molecular weight is 473 g/mol. The van der Waals surface area contributed by atoms with Crippen molar-refractivity contribution in [3.05, 3.63) is 66.6 Å². The van der Waals surface area contributed by atoms with Crippen molar-refractivity contribution in [3.8, 4) is 10.6 Å². The summed E-state index contributed by atoms with van der Waals surface area (Å²) in [5.41, 5.74) is 3.38. The van der Waals surface area contributed by atoms with Gasteiger partial charge >= 0.3 is 0 Å². The second-order valence-electron chi connectivity index (χ2n) is 7.67. The molecule has 3 aromatic heterocycles. The quantitative estimate of drug-likeness (QED) is 0.244. The number of pyridine rings is 1. The zero-order valence-corrected chi connectivity index (χ0v) is 19.5. The number of azo groups is 1. The van der Waals surface area contributed by atoms with Gasteiger partial charge < -0.3 is 10.2 Å². The number of benzene rings is 1. The second-order valence-corrected chi connectivity index (χ2v) is 8.65. The Balaban J connectivity index is 1.34. The molecule has 0 aliphatic carbocycles. The summed E-state index contributed by atoms with van der Waals surface area (Å²) >= 11 is 1.42. The molecule has 172 valence electrons. The van der Waals surface area contributed by atoms with E-state index in [4.69, 9.17) is 5.84 Å². The molecule has 0 bridgehead atoms. The van der Waals surface area contributed by atoms with E-state index in [0.29, 0.717) is 22.6 Å². The molecule has 0 spiro atoms. The third-order valence-corrected chi connectivity index (χ3v) is 6.41. The summed E-state index contributed by atoms with van der Waals surface area (Å²) in [6.07, 6.45) is 3.51. The highest BCUT2D eigenvalue weighted by Crippen LogP contribution is 2.34. The number of hydrogen-bond acceptors (Lipinski definition) is 11. The molecule has 4 aromatic rings. The Morgan fingerprint density at radius 1 is 1.00 bits per heavy atom. The number of aryl methyl sites for hydroxylation is 1. The molecule has 1 saturated heterocycles. The highest BCUT2D eigenvalue weighted by atomic mass is 32.1. The zero-order chi connectivity index (χ0) is 23.3. The summed E-state index contributed by atoms with van der Waals surface area (Å²) in [4.78, 5) is 21.2. The highest BCUT2D eigenvalue weighted by molar-refractivity contribution is 7.18. The molecule has 3 N–H and O–H groups in total. The molecule has 0 unspecified atom stereocenters. The number of anilines is 3. The summed E-state index contributed by atoms with van der Waals surface area (Å²) in [6.45, 7) is 5.78. The topological polar surface area (TPSA) is 121 Å². The van der Waals surface area contributed by atoms with Gasteiger partial charge in [0.05, 0.1) is 33.8 Å². The Kier molecular flexibility index (Phi) is 6.47. The fourth-order valence-corrected chi connectivity index (χ4v) is 4.44. The number of piperazine rings is 1. The smallest absolute Gasteiger partial charge is 0.246 e. The molecule has 1 aliphatic heterocycles. The van der Waals surface area contributed by atoms with Crippen LogP contribution in [0.1, 0.15) is 5.69 Å². The van der Waals surface area contributed by atoms with Crippen LogP contribution in [0, 0.1) is 6.92 Å². The summed E-state index contributed by atoms with van der Waals surface area (Å²) < 4.78 is 0. The van der Waals surface area contributed by atoms with Gasteiger partial charge in [-0.3, -0.25) is 0 Å². The van der Waals surface area contributed by atoms with E-state index in [-0.39, 0.29) is 0 Å². The Hall–Kier alpha value is -3.80. The number of nitrogens with zero attached hydrogens (tertiary/aromatic N) is 8. The standard InChI is InChI=1S/C23H24N10S/c1-16-21(34-23(28-16)31-30-17-5-3-2-4-6-17)19-9-10-26-22(29-19)33(24)20-8-7-18(15-27-20)32-13-11-25-12-14-32/h2-10,15,25H,11-14,24H2,1H3. The van der Waals surface area contributed by atoms with Crippen molar-refractivity contribution in [2.75, 3.05) is 36.1 Å². The first-order valence-corrected chi connectivity index (χ1v) is 11.7. The zero-order valence-electron chi connectivity index (χ0n) is 18.7. The lowest BCUT2D eigenvalue weighted by Crippen LogP contribution is -2.43. The molecule has 1 aliphatic rings. The molecule has 0 saturated carbocycles. The van der Waals surface area contributed by atoms with Crippen molar-refractivity contribution in [2.45, 2.75) is 6.92 Å². The van der Waals surface area contributed by atoms with Gasteiger partial charge in [-0.2, -0.15) is 0 Å². The molecule has 10 nitrogen and oxygen atoms in total. The van der Waals surface area contributed by atoms with Crippen LogP contribution in [0.2, 0.25) is 0 Å². The summed E-state index contributed by atoms with van der Waals surface area (Å²) in [7, 11) is 0. The minimum Gasteiger partial charge on any atom is -0.368 e. The van der Waals surface area contributed by atoms with Crippen LogP contribution in [0.25, 0.3) is 10.6 Å². The van der Waals surface area contributed by atoms with Gasteiger partial charge in [-0.05, 0) is 37.3 Å². The molecular formula is C23H24N10S.